The van der Waals surface area contributed by atoms with Crippen LogP contribution in [-0.4, -0.2) is 40.6 Å². The van der Waals surface area contributed by atoms with Gasteiger partial charge < -0.3 is 5.73 Å². The number of hydrogen-bond acceptors (Lipinski definition) is 3. The van der Waals surface area contributed by atoms with E-state index in [1.807, 2.05) is 0 Å². The molecule has 0 amide bonds. The second-order valence-electron chi connectivity index (χ2n) is 5.73. The minimum atomic E-state index is 0.244. The highest BCUT2D eigenvalue weighted by atomic mass is 32.2. The summed E-state index contributed by atoms with van der Waals surface area (Å²) >= 11 is 2.12. The highest BCUT2D eigenvalue weighted by Crippen LogP contribution is 2.39. The van der Waals surface area contributed by atoms with Gasteiger partial charge in [0.15, 0.2) is 0 Å². The van der Waals surface area contributed by atoms with Crippen molar-refractivity contribution >= 4 is 11.8 Å². The van der Waals surface area contributed by atoms with Crippen LogP contribution in [0, 0.1) is 0 Å². The highest BCUT2D eigenvalue weighted by Gasteiger charge is 2.43. The molecular formula is C15H32N2S. The molecule has 18 heavy (non-hydrogen) atoms. The van der Waals surface area contributed by atoms with E-state index in [0.29, 0.717) is 11.3 Å². The van der Waals surface area contributed by atoms with Gasteiger partial charge in [-0.3, -0.25) is 4.90 Å². The monoisotopic (exact) mass is 272 g/mol. The summed E-state index contributed by atoms with van der Waals surface area (Å²) in [6.45, 7) is 11.4. The first-order valence-corrected chi connectivity index (χ1v) is 8.75. The normalized spacial score (nSPS) is 30.7. The summed E-state index contributed by atoms with van der Waals surface area (Å²) in [7, 11) is 0. The average Bonchev–Trinajstić information content (AvgIpc) is 2.40. The van der Waals surface area contributed by atoms with Gasteiger partial charge in [0.2, 0.25) is 0 Å². The molecule has 3 heteroatoms. The van der Waals surface area contributed by atoms with Crippen molar-refractivity contribution in [2.75, 3.05) is 18.8 Å². The first-order valence-electron chi connectivity index (χ1n) is 7.70. The molecule has 0 saturated carbocycles. The molecule has 1 saturated heterocycles. The maximum Gasteiger partial charge on any atom is 0.0450 e. The molecule has 2 nitrogen and oxygen atoms in total. The summed E-state index contributed by atoms with van der Waals surface area (Å²) in [4.78, 5) is 2.74. The summed E-state index contributed by atoms with van der Waals surface area (Å²) < 4.78 is 0. The van der Waals surface area contributed by atoms with Gasteiger partial charge in [0.25, 0.3) is 0 Å². The van der Waals surface area contributed by atoms with Crippen molar-refractivity contribution in [2.24, 2.45) is 5.73 Å². The summed E-state index contributed by atoms with van der Waals surface area (Å²) in [5.41, 5.74) is 6.48. The third-order valence-electron chi connectivity index (χ3n) is 4.68. The standard InChI is InChI=1S/C15H32N2S/c1-5-7-10-17(13(3)6-2)15(12-16)9-8-11-18-14(15)4/h13-14H,5-12,16H2,1-4H3. The fraction of sp³-hybridized carbons (Fsp3) is 1.00. The van der Waals surface area contributed by atoms with E-state index in [-0.39, 0.29) is 5.54 Å². The van der Waals surface area contributed by atoms with Gasteiger partial charge >= 0.3 is 0 Å². The molecule has 0 aliphatic carbocycles. The molecule has 1 aliphatic rings. The number of unbranched alkanes of at least 4 members (excludes halogenated alkanes) is 1. The zero-order chi connectivity index (χ0) is 13.6. The molecule has 0 spiro atoms. The molecule has 0 aromatic rings. The first kappa shape index (κ1) is 16.3. The minimum Gasteiger partial charge on any atom is -0.329 e. The smallest absolute Gasteiger partial charge is 0.0450 e. The molecule has 3 atom stereocenters. The summed E-state index contributed by atoms with van der Waals surface area (Å²) in [6.07, 6.45) is 6.40. The van der Waals surface area contributed by atoms with Crippen molar-refractivity contribution in [3.63, 3.8) is 0 Å². The molecule has 1 aliphatic heterocycles. The Kier molecular flexibility index (Phi) is 7.04. The van der Waals surface area contributed by atoms with Crippen LogP contribution in [-0.2, 0) is 0 Å². The van der Waals surface area contributed by atoms with Crippen molar-refractivity contribution in [1.82, 2.24) is 4.90 Å². The van der Waals surface area contributed by atoms with Crippen LogP contribution in [0.5, 0.6) is 0 Å². The zero-order valence-electron chi connectivity index (χ0n) is 12.7. The fourth-order valence-corrected chi connectivity index (χ4v) is 4.51. The third kappa shape index (κ3) is 3.43. The molecule has 0 aromatic heterocycles. The summed E-state index contributed by atoms with van der Waals surface area (Å²) in [5.74, 6) is 1.31. The maximum atomic E-state index is 6.24. The van der Waals surface area contributed by atoms with E-state index < -0.39 is 0 Å². The molecule has 108 valence electrons. The van der Waals surface area contributed by atoms with Gasteiger partial charge in [-0.05, 0) is 44.9 Å². The Morgan fingerprint density at radius 2 is 2.17 bits per heavy atom. The molecule has 3 unspecified atom stereocenters. The number of nitrogens with zero attached hydrogens (tertiary/aromatic N) is 1. The largest absolute Gasteiger partial charge is 0.329 e. The fourth-order valence-electron chi connectivity index (χ4n) is 3.19. The van der Waals surface area contributed by atoms with E-state index >= 15 is 0 Å². The SMILES string of the molecule is CCCCN(C(C)CC)C1(CN)CCCSC1C. The van der Waals surface area contributed by atoms with Gasteiger partial charge in [0.05, 0.1) is 0 Å². The predicted molar refractivity (Wildman–Crippen MR) is 84.3 cm³/mol. The highest BCUT2D eigenvalue weighted by molar-refractivity contribution is 8.00. The maximum absolute atomic E-state index is 6.24. The Morgan fingerprint density at radius 1 is 1.44 bits per heavy atom. The van der Waals surface area contributed by atoms with Crippen molar-refractivity contribution < 1.29 is 0 Å². The second kappa shape index (κ2) is 7.76. The quantitative estimate of drug-likeness (QED) is 0.769. The van der Waals surface area contributed by atoms with Crippen LogP contribution in [0.1, 0.15) is 59.8 Å². The van der Waals surface area contributed by atoms with Crippen LogP contribution in [0.2, 0.25) is 0 Å². The molecule has 1 rings (SSSR count). The Morgan fingerprint density at radius 3 is 2.67 bits per heavy atom. The van der Waals surface area contributed by atoms with Crippen LogP contribution in [0.3, 0.4) is 0 Å². The lowest BCUT2D eigenvalue weighted by Crippen LogP contribution is -2.63. The number of nitrogens with two attached hydrogens (primary N) is 1. The van der Waals surface area contributed by atoms with E-state index in [4.69, 9.17) is 5.73 Å². The Hall–Kier alpha value is 0.270. The van der Waals surface area contributed by atoms with Gasteiger partial charge in [-0.1, -0.05) is 27.2 Å². The molecule has 0 radical (unpaired) electrons. The molecule has 1 heterocycles. The number of rotatable bonds is 7. The van der Waals surface area contributed by atoms with Crippen LogP contribution in [0.4, 0.5) is 0 Å². The Bertz CT molecular complexity index is 235. The number of thioether (sulfide) groups is 1. The van der Waals surface area contributed by atoms with E-state index in [2.05, 4.69) is 44.4 Å². The lowest BCUT2D eigenvalue weighted by atomic mass is 9.85. The van der Waals surface area contributed by atoms with Crippen molar-refractivity contribution in [3.05, 3.63) is 0 Å². The lowest BCUT2D eigenvalue weighted by molar-refractivity contribution is 0.0415. The minimum absolute atomic E-state index is 0.244. The van der Waals surface area contributed by atoms with Crippen molar-refractivity contribution in [2.45, 2.75) is 76.6 Å². The molecule has 2 N–H and O–H groups in total. The molecule has 1 fully saturated rings. The van der Waals surface area contributed by atoms with Gasteiger partial charge in [-0.15, -0.1) is 0 Å². The third-order valence-corrected chi connectivity index (χ3v) is 6.14. The predicted octanol–water partition coefficient (Wildman–Crippen LogP) is 3.50. The summed E-state index contributed by atoms with van der Waals surface area (Å²) in [5, 5.41) is 0.669. The van der Waals surface area contributed by atoms with Crippen LogP contribution in [0.25, 0.3) is 0 Å². The van der Waals surface area contributed by atoms with Crippen LogP contribution < -0.4 is 5.73 Å². The van der Waals surface area contributed by atoms with Crippen molar-refractivity contribution in [3.8, 4) is 0 Å². The van der Waals surface area contributed by atoms with E-state index in [9.17, 15) is 0 Å². The van der Waals surface area contributed by atoms with Gasteiger partial charge in [0, 0.05) is 23.4 Å². The van der Waals surface area contributed by atoms with Gasteiger partial charge in [-0.2, -0.15) is 11.8 Å². The van der Waals surface area contributed by atoms with E-state index in [1.54, 1.807) is 0 Å². The summed E-state index contributed by atoms with van der Waals surface area (Å²) in [6, 6.07) is 0.654. The van der Waals surface area contributed by atoms with Gasteiger partial charge in [-0.25, -0.2) is 0 Å². The second-order valence-corrected chi connectivity index (χ2v) is 7.18. The average molecular weight is 273 g/mol. The molecular weight excluding hydrogens is 240 g/mol. The Balaban J connectivity index is 2.89. The topological polar surface area (TPSA) is 29.3 Å². The lowest BCUT2D eigenvalue weighted by Gasteiger charge is -2.52. The number of hydrogen-bond donors (Lipinski definition) is 1. The molecule has 0 bridgehead atoms. The molecule has 0 aromatic carbocycles. The zero-order valence-corrected chi connectivity index (χ0v) is 13.6. The van der Waals surface area contributed by atoms with Gasteiger partial charge in [0.1, 0.15) is 0 Å². The Labute approximate surface area is 118 Å². The van der Waals surface area contributed by atoms with Crippen molar-refractivity contribution in [1.29, 1.82) is 0 Å². The van der Waals surface area contributed by atoms with E-state index in [0.717, 1.165) is 6.54 Å². The van der Waals surface area contributed by atoms with E-state index in [1.165, 1.54) is 44.4 Å². The van der Waals surface area contributed by atoms with Crippen LogP contribution >= 0.6 is 11.8 Å². The van der Waals surface area contributed by atoms with Crippen LogP contribution in [0.15, 0.2) is 0 Å². The first-order chi connectivity index (χ1) is 8.62.